The molecule has 0 radical (unpaired) electrons. The van der Waals surface area contributed by atoms with Crippen molar-refractivity contribution < 1.29 is 47.6 Å². The second-order valence-electron chi connectivity index (χ2n) is 15.1. The first-order valence-corrected chi connectivity index (χ1v) is 18.1. The van der Waals surface area contributed by atoms with Crippen molar-refractivity contribution >= 4 is 23.9 Å². The summed E-state index contributed by atoms with van der Waals surface area (Å²) in [5.41, 5.74) is 5.64. The smallest absolute Gasteiger partial charge is 0.415 e. The Balaban J connectivity index is 2.42. The van der Waals surface area contributed by atoms with Crippen LogP contribution in [-0.2, 0) is 39.8 Å². The molecule has 0 unspecified atom stereocenters. The van der Waals surface area contributed by atoms with Gasteiger partial charge in [-0.3, -0.25) is 19.3 Å². The predicted octanol–water partition coefficient (Wildman–Crippen LogP) is 5.66. The van der Waals surface area contributed by atoms with E-state index in [9.17, 15) is 19.2 Å². The van der Waals surface area contributed by atoms with Gasteiger partial charge in [-0.15, -0.1) is 0 Å². The van der Waals surface area contributed by atoms with Crippen molar-refractivity contribution in [3.63, 3.8) is 0 Å². The predicted molar refractivity (Wildman–Crippen MR) is 193 cm³/mol. The molecule has 13 heteroatoms. The van der Waals surface area contributed by atoms with Crippen molar-refractivity contribution in [2.24, 2.45) is 40.7 Å². The quantitative estimate of drug-likeness (QED) is 0.127. The number of hydrogen-bond donors (Lipinski definition) is 2. The van der Waals surface area contributed by atoms with E-state index in [0.29, 0.717) is 37.2 Å². The Labute approximate surface area is 304 Å². The summed E-state index contributed by atoms with van der Waals surface area (Å²) < 4.78 is 34.3. The maximum absolute atomic E-state index is 13.6. The van der Waals surface area contributed by atoms with Crippen LogP contribution in [0.4, 0.5) is 4.79 Å². The van der Waals surface area contributed by atoms with Crippen LogP contribution in [0, 0.1) is 35.0 Å². The molecular weight excluding hydrogens is 658 g/mol. The molecule has 3 N–H and O–H groups in total. The molecule has 0 spiro atoms. The second-order valence-corrected chi connectivity index (χ2v) is 15.1. The third-order valence-corrected chi connectivity index (χ3v) is 9.58. The average Bonchev–Trinajstić information content (AvgIpc) is 3.46. The third-order valence-electron chi connectivity index (χ3n) is 9.58. The lowest BCUT2D eigenvalue weighted by molar-refractivity contribution is -0.170. The molecule has 0 bridgehead atoms. The zero-order chi connectivity index (χ0) is 38.6. The third kappa shape index (κ3) is 12.9. The van der Waals surface area contributed by atoms with Gasteiger partial charge in [0.25, 0.3) is 0 Å². The van der Waals surface area contributed by atoms with Crippen LogP contribution in [0.15, 0.2) is 18.2 Å². The molecule has 0 aliphatic carbocycles. The van der Waals surface area contributed by atoms with Gasteiger partial charge in [-0.05, 0) is 68.6 Å². The molecule has 0 saturated carbocycles. The summed E-state index contributed by atoms with van der Waals surface area (Å²) in [6.07, 6.45) is -0.531. The van der Waals surface area contributed by atoms with E-state index in [0.717, 1.165) is 5.56 Å². The van der Waals surface area contributed by atoms with Gasteiger partial charge in [-0.25, -0.2) is 4.79 Å². The number of methoxy groups -OCH3 is 2. The molecule has 1 aliphatic rings. The van der Waals surface area contributed by atoms with Crippen molar-refractivity contribution in [2.75, 3.05) is 27.5 Å². The van der Waals surface area contributed by atoms with E-state index in [-0.39, 0.29) is 42.9 Å². The summed E-state index contributed by atoms with van der Waals surface area (Å²) in [4.78, 5) is 52.8. The summed E-state index contributed by atoms with van der Waals surface area (Å²) in [5, 5.41) is 2.91. The Morgan fingerprint density at radius 2 is 1.65 bits per heavy atom. The number of amides is 3. The van der Waals surface area contributed by atoms with Crippen LogP contribution >= 0.6 is 0 Å². The fourth-order valence-electron chi connectivity index (χ4n) is 5.85. The topological polar surface area (TPSA) is 165 Å². The summed E-state index contributed by atoms with van der Waals surface area (Å²) in [6, 6.07) is 5.38. The lowest BCUT2D eigenvalue weighted by Gasteiger charge is -2.33. The number of rotatable bonds is 20. The highest BCUT2D eigenvalue weighted by molar-refractivity contribution is 5.83. The number of ether oxygens (including phenoxy) is 6. The van der Waals surface area contributed by atoms with Crippen molar-refractivity contribution in [1.82, 2.24) is 10.2 Å². The van der Waals surface area contributed by atoms with E-state index in [2.05, 4.69) is 19.2 Å². The van der Waals surface area contributed by atoms with Gasteiger partial charge in [0.1, 0.15) is 6.73 Å². The molecule has 0 aromatic heterocycles. The summed E-state index contributed by atoms with van der Waals surface area (Å²) in [5.74, 6) is -0.700. The summed E-state index contributed by atoms with van der Waals surface area (Å²) >= 11 is 0. The normalized spacial score (nSPS) is 18.7. The number of esters is 1. The van der Waals surface area contributed by atoms with Gasteiger partial charge in [0.15, 0.2) is 17.8 Å². The maximum atomic E-state index is 13.6. The van der Waals surface area contributed by atoms with Crippen LogP contribution in [0.5, 0.6) is 11.5 Å². The Bertz CT molecular complexity index is 1300. The molecule has 1 saturated heterocycles. The van der Waals surface area contributed by atoms with E-state index in [1.165, 1.54) is 11.8 Å². The van der Waals surface area contributed by atoms with E-state index in [1.54, 1.807) is 41.9 Å². The first-order chi connectivity index (χ1) is 23.8. The molecule has 13 nitrogen and oxygen atoms in total. The van der Waals surface area contributed by atoms with Crippen LogP contribution in [0.25, 0.3) is 0 Å². The van der Waals surface area contributed by atoms with E-state index >= 15 is 0 Å². The molecule has 1 aromatic rings. The van der Waals surface area contributed by atoms with Gasteiger partial charge >= 0.3 is 12.1 Å². The van der Waals surface area contributed by atoms with Gasteiger partial charge in [0.2, 0.25) is 18.1 Å². The Kier molecular flexibility index (Phi) is 17.0. The molecular formula is C38H63N3O10. The van der Waals surface area contributed by atoms with Crippen molar-refractivity contribution in [3.05, 3.63) is 23.8 Å². The highest BCUT2D eigenvalue weighted by atomic mass is 16.7. The summed E-state index contributed by atoms with van der Waals surface area (Å²) in [7, 11) is 3.19. The fourth-order valence-corrected chi connectivity index (χ4v) is 5.85. The number of nitrogens with zero attached hydrogens (tertiary/aromatic N) is 1. The molecule has 6 atom stereocenters. The Morgan fingerprint density at radius 1 is 0.980 bits per heavy atom. The maximum Gasteiger partial charge on any atom is 0.415 e. The van der Waals surface area contributed by atoms with Gasteiger partial charge < -0.3 is 39.5 Å². The molecule has 3 amide bonds. The number of carbonyl (C=O) groups is 4. The zero-order valence-corrected chi connectivity index (χ0v) is 32.8. The highest BCUT2D eigenvalue weighted by Gasteiger charge is 2.43. The second kappa shape index (κ2) is 19.9. The number of benzene rings is 1. The van der Waals surface area contributed by atoms with Gasteiger partial charge in [0.05, 0.1) is 30.6 Å². The van der Waals surface area contributed by atoms with Gasteiger partial charge in [-0.2, -0.15) is 0 Å². The summed E-state index contributed by atoms with van der Waals surface area (Å²) in [6.45, 7) is 18.5. The number of primary amides is 1. The van der Waals surface area contributed by atoms with E-state index in [4.69, 9.17) is 34.2 Å². The SMILES string of the molecule is CC[C@@H](OC)Oc1cc(C[C@@H](C[C@H]2[C@H](C[C@H](C(=O)NCC(C)(C)C(N)=O)C(C)C)OCN2C(=O)O[C@@H](C)OC(=O)C(C)C)C(C)C)ccc1OC. The molecule has 51 heavy (non-hydrogen) atoms. The highest BCUT2D eigenvalue weighted by Crippen LogP contribution is 2.36. The first-order valence-electron chi connectivity index (χ1n) is 18.1. The molecule has 290 valence electrons. The lowest BCUT2D eigenvalue weighted by Crippen LogP contribution is -2.47. The Hall–Kier alpha value is -3.58. The number of nitrogens with two attached hydrogens (primary N) is 1. The molecule has 1 fully saturated rings. The zero-order valence-electron chi connectivity index (χ0n) is 32.8. The van der Waals surface area contributed by atoms with Crippen LogP contribution in [0.1, 0.15) is 94.1 Å². The molecule has 1 heterocycles. The fraction of sp³-hybridized carbons (Fsp3) is 0.737. The van der Waals surface area contributed by atoms with Crippen LogP contribution in [0.3, 0.4) is 0 Å². The molecule has 1 aromatic carbocycles. The van der Waals surface area contributed by atoms with E-state index in [1.807, 2.05) is 39.0 Å². The number of hydrogen-bond acceptors (Lipinski definition) is 10. The molecule has 2 rings (SSSR count). The van der Waals surface area contributed by atoms with Crippen molar-refractivity contribution in [2.45, 2.75) is 120 Å². The minimum Gasteiger partial charge on any atom is -0.493 e. The average molecular weight is 722 g/mol. The largest absolute Gasteiger partial charge is 0.493 e. The Morgan fingerprint density at radius 3 is 2.18 bits per heavy atom. The van der Waals surface area contributed by atoms with Crippen molar-refractivity contribution in [1.29, 1.82) is 0 Å². The minimum absolute atomic E-state index is 0.0546. The number of nitrogens with one attached hydrogen (secondary N) is 1. The van der Waals surface area contributed by atoms with Crippen LogP contribution in [-0.4, -0.2) is 81.0 Å². The lowest BCUT2D eigenvalue weighted by atomic mass is 9.80. The van der Waals surface area contributed by atoms with Crippen molar-refractivity contribution in [3.8, 4) is 11.5 Å². The monoisotopic (exact) mass is 721 g/mol. The molecule has 1 aliphatic heterocycles. The standard InChI is InChI=1S/C38H63N3O10/c1-13-33(47-12)51-32-17-26(14-15-30(32)46-11)16-27(22(2)3)18-29-31(19-28(23(4)5)34(42)40-20-38(9,10)36(39)44)48-21-41(29)37(45)50-25(8)49-35(43)24(6)7/h14-15,17,22-25,27-29,31,33H,13,16,18-21H2,1-12H3,(H2,39,44)(H,40,42)/t25-,27-,28-,29-,31-,33-/m0/s1. The van der Waals surface area contributed by atoms with Gasteiger partial charge in [0, 0.05) is 32.9 Å². The van der Waals surface area contributed by atoms with Crippen LogP contribution < -0.4 is 20.5 Å². The number of carbonyl (C=O) groups excluding carboxylic acids is 4. The van der Waals surface area contributed by atoms with E-state index < -0.39 is 54.0 Å². The minimum atomic E-state index is -1.10. The van der Waals surface area contributed by atoms with Gasteiger partial charge in [-0.1, -0.05) is 54.5 Å². The van der Waals surface area contributed by atoms with Crippen LogP contribution in [0.2, 0.25) is 0 Å². The first kappa shape index (κ1) is 43.6.